The Morgan fingerprint density at radius 2 is 1.89 bits per heavy atom. The Bertz CT molecular complexity index is 728. The maximum Gasteiger partial charge on any atom is 0.229 e. The van der Waals surface area contributed by atoms with Gasteiger partial charge in [-0.3, -0.25) is 0 Å². The summed E-state index contributed by atoms with van der Waals surface area (Å²) in [7, 11) is 0. The van der Waals surface area contributed by atoms with Gasteiger partial charge in [0.05, 0.1) is 5.56 Å². The molecule has 0 bridgehead atoms. The van der Waals surface area contributed by atoms with Crippen LogP contribution in [0.5, 0.6) is 0 Å². The molecule has 3 rings (SSSR count). The lowest BCUT2D eigenvalue weighted by molar-refractivity contribution is 0.617. The summed E-state index contributed by atoms with van der Waals surface area (Å²) in [4.78, 5) is 4.52. The van der Waals surface area contributed by atoms with Gasteiger partial charge in [-0.15, -0.1) is 0 Å². The third kappa shape index (κ3) is 1.64. The highest BCUT2D eigenvalue weighted by Gasteiger charge is 2.12. The SMILES string of the molecule is Cc1cc(C)c2oc(-c3ccccc3N)nc2c1. The Morgan fingerprint density at radius 3 is 2.67 bits per heavy atom. The van der Waals surface area contributed by atoms with E-state index in [0.29, 0.717) is 11.6 Å². The zero-order valence-electron chi connectivity index (χ0n) is 10.4. The number of anilines is 1. The molecule has 0 saturated carbocycles. The first-order valence-electron chi connectivity index (χ1n) is 5.88. The van der Waals surface area contributed by atoms with Crippen molar-refractivity contribution in [1.82, 2.24) is 4.98 Å². The molecule has 1 aromatic heterocycles. The number of fused-ring (bicyclic) bond motifs is 1. The monoisotopic (exact) mass is 238 g/mol. The Kier molecular flexibility index (Phi) is 2.33. The van der Waals surface area contributed by atoms with E-state index < -0.39 is 0 Å². The first kappa shape index (κ1) is 10.8. The van der Waals surface area contributed by atoms with Crippen molar-refractivity contribution in [2.75, 3.05) is 5.73 Å². The van der Waals surface area contributed by atoms with Crippen LogP contribution in [0, 0.1) is 13.8 Å². The predicted molar refractivity (Wildman–Crippen MR) is 73.3 cm³/mol. The lowest BCUT2D eigenvalue weighted by Gasteiger charge is -1.99. The molecule has 3 nitrogen and oxygen atoms in total. The first-order chi connectivity index (χ1) is 8.65. The number of nitrogens with two attached hydrogens (primary N) is 1. The molecule has 0 aliphatic rings. The van der Waals surface area contributed by atoms with E-state index in [9.17, 15) is 0 Å². The van der Waals surface area contributed by atoms with Crippen LogP contribution >= 0.6 is 0 Å². The van der Waals surface area contributed by atoms with Gasteiger partial charge in [0.25, 0.3) is 0 Å². The van der Waals surface area contributed by atoms with Crippen LogP contribution in [0.15, 0.2) is 40.8 Å². The number of rotatable bonds is 1. The van der Waals surface area contributed by atoms with Crippen LogP contribution in [0.2, 0.25) is 0 Å². The molecule has 0 unspecified atom stereocenters. The van der Waals surface area contributed by atoms with E-state index in [1.54, 1.807) is 0 Å². The van der Waals surface area contributed by atoms with Crippen molar-refractivity contribution in [3.8, 4) is 11.5 Å². The molecule has 0 aliphatic carbocycles. The minimum atomic E-state index is 0.580. The molecule has 1 heterocycles. The average Bonchev–Trinajstić information content (AvgIpc) is 2.73. The van der Waals surface area contributed by atoms with E-state index in [-0.39, 0.29) is 0 Å². The number of hydrogen-bond donors (Lipinski definition) is 1. The van der Waals surface area contributed by atoms with Crippen molar-refractivity contribution in [1.29, 1.82) is 0 Å². The van der Waals surface area contributed by atoms with E-state index in [2.05, 4.69) is 18.0 Å². The summed E-state index contributed by atoms with van der Waals surface area (Å²) >= 11 is 0. The van der Waals surface area contributed by atoms with E-state index in [1.165, 1.54) is 5.56 Å². The molecule has 0 aliphatic heterocycles. The summed E-state index contributed by atoms with van der Waals surface area (Å²) in [6.07, 6.45) is 0. The number of hydrogen-bond acceptors (Lipinski definition) is 3. The smallest absolute Gasteiger partial charge is 0.229 e. The second-order valence-electron chi connectivity index (χ2n) is 4.54. The molecule has 0 atom stereocenters. The van der Waals surface area contributed by atoms with Crippen LogP contribution in [-0.2, 0) is 0 Å². The summed E-state index contributed by atoms with van der Waals surface area (Å²) in [6, 6.07) is 11.7. The molecule has 0 fully saturated rings. The Labute approximate surface area is 105 Å². The molecule has 3 aromatic rings. The van der Waals surface area contributed by atoms with E-state index in [1.807, 2.05) is 37.3 Å². The number of aromatic nitrogens is 1. The zero-order chi connectivity index (χ0) is 12.7. The number of oxazole rings is 1. The van der Waals surface area contributed by atoms with Gasteiger partial charge in [-0.2, -0.15) is 0 Å². The van der Waals surface area contributed by atoms with Crippen LogP contribution in [0.4, 0.5) is 5.69 Å². The fraction of sp³-hybridized carbons (Fsp3) is 0.133. The standard InChI is InChI=1S/C15H14N2O/c1-9-7-10(2)14-13(8-9)17-15(18-14)11-5-3-4-6-12(11)16/h3-8H,16H2,1-2H3. The van der Waals surface area contributed by atoms with Crippen LogP contribution < -0.4 is 5.73 Å². The van der Waals surface area contributed by atoms with E-state index in [0.717, 1.165) is 22.2 Å². The maximum atomic E-state index is 5.94. The second kappa shape index (κ2) is 3.88. The summed E-state index contributed by atoms with van der Waals surface area (Å²) in [6.45, 7) is 4.08. The zero-order valence-corrected chi connectivity index (χ0v) is 10.4. The highest BCUT2D eigenvalue weighted by atomic mass is 16.3. The van der Waals surface area contributed by atoms with Crippen molar-refractivity contribution in [2.24, 2.45) is 0 Å². The van der Waals surface area contributed by atoms with E-state index >= 15 is 0 Å². The van der Waals surface area contributed by atoms with Crippen molar-refractivity contribution in [2.45, 2.75) is 13.8 Å². The van der Waals surface area contributed by atoms with Crippen LogP contribution in [0.25, 0.3) is 22.6 Å². The topological polar surface area (TPSA) is 52.0 Å². The number of benzene rings is 2. The van der Waals surface area contributed by atoms with Crippen LogP contribution in [0.1, 0.15) is 11.1 Å². The molecule has 18 heavy (non-hydrogen) atoms. The van der Waals surface area contributed by atoms with Crippen molar-refractivity contribution >= 4 is 16.8 Å². The molecular weight excluding hydrogens is 224 g/mol. The molecule has 0 spiro atoms. The quantitative estimate of drug-likeness (QED) is 0.658. The minimum Gasteiger partial charge on any atom is -0.436 e. The maximum absolute atomic E-state index is 5.94. The molecule has 2 aromatic carbocycles. The molecule has 0 amide bonds. The van der Waals surface area contributed by atoms with Gasteiger partial charge in [-0.1, -0.05) is 18.2 Å². The van der Waals surface area contributed by atoms with Gasteiger partial charge in [0, 0.05) is 5.69 Å². The minimum absolute atomic E-state index is 0.580. The highest BCUT2D eigenvalue weighted by Crippen LogP contribution is 2.30. The van der Waals surface area contributed by atoms with Crippen molar-refractivity contribution in [3.05, 3.63) is 47.5 Å². The van der Waals surface area contributed by atoms with Gasteiger partial charge in [-0.25, -0.2) is 4.98 Å². The largest absolute Gasteiger partial charge is 0.436 e. The number of para-hydroxylation sites is 1. The van der Waals surface area contributed by atoms with Gasteiger partial charge < -0.3 is 10.2 Å². The van der Waals surface area contributed by atoms with Crippen molar-refractivity contribution in [3.63, 3.8) is 0 Å². The third-order valence-electron chi connectivity index (χ3n) is 3.01. The second-order valence-corrected chi connectivity index (χ2v) is 4.54. The lowest BCUT2D eigenvalue weighted by Crippen LogP contribution is -1.88. The lowest BCUT2D eigenvalue weighted by atomic mass is 10.1. The van der Waals surface area contributed by atoms with Gasteiger partial charge in [-0.05, 0) is 43.2 Å². The molecule has 0 saturated heterocycles. The Balaban J connectivity index is 2.26. The van der Waals surface area contributed by atoms with Gasteiger partial charge >= 0.3 is 0 Å². The molecule has 2 N–H and O–H groups in total. The summed E-state index contributed by atoms with van der Waals surface area (Å²) in [5.74, 6) is 0.580. The number of nitrogen functional groups attached to an aromatic ring is 1. The molecule has 90 valence electrons. The van der Waals surface area contributed by atoms with Gasteiger partial charge in [0.15, 0.2) is 5.58 Å². The molecular formula is C15H14N2O. The summed E-state index contributed by atoms with van der Waals surface area (Å²) in [5.41, 5.74) is 11.4. The van der Waals surface area contributed by atoms with Crippen molar-refractivity contribution < 1.29 is 4.42 Å². The summed E-state index contributed by atoms with van der Waals surface area (Å²) in [5, 5.41) is 0. The third-order valence-corrected chi connectivity index (χ3v) is 3.01. The number of aryl methyl sites for hydroxylation is 2. The van der Waals surface area contributed by atoms with Crippen LogP contribution in [0.3, 0.4) is 0 Å². The fourth-order valence-corrected chi connectivity index (χ4v) is 2.18. The number of nitrogens with zero attached hydrogens (tertiary/aromatic N) is 1. The summed E-state index contributed by atoms with van der Waals surface area (Å²) < 4.78 is 5.83. The first-order valence-corrected chi connectivity index (χ1v) is 5.88. The Morgan fingerprint density at radius 1 is 1.11 bits per heavy atom. The van der Waals surface area contributed by atoms with Crippen LogP contribution in [-0.4, -0.2) is 4.98 Å². The highest BCUT2D eigenvalue weighted by molar-refractivity contribution is 5.82. The van der Waals surface area contributed by atoms with E-state index in [4.69, 9.17) is 10.2 Å². The Hall–Kier alpha value is -2.29. The fourth-order valence-electron chi connectivity index (χ4n) is 2.18. The normalized spacial score (nSPS) is 11.0. The predicted octanol–water partition coefficient (Wildman–Crippen LogP) is 3.69. The average molecular weight is 238 g/mol. The van der Waals surface area contributed by atoms with Gasteiger partial charge in [0.2, 0.25) is 5.89 Å². The van der Waals surface area contributed by atoms with Gasteiger partial charge in [0.1, 0.15) is 5.52 Å². The molecule has 0 radical (unpaired) electrons. The molecule has 3 heteroatoms.